The number of benzene rings is 1. The highest BCUT2D eigenvalue weighted by molar-refractivity contribution is 6.34. The van der Waals surface area contributed by atoms with E-state index >= 15 is 0 Å². The number of carbonyl (C=O) groups excluding carboxylic acids is 1. The zero-order valence-corrected chi connectivity index (χ0v) is 16.0. The maximum absolute atomic E-state index is 13.0. The van der Waals surface area contributed by atoms with Crippen LogP contribution in [0.25, 0.3) is 0 Å². The number of ether oxygens (including phenoxy) is 1. The lowest BCUT2D eigenvalue weighted by atomic mass is 10.1. The fraction of sp³-hybridized carbons (Fsp3) is 0.211. The zero-order valence-electron chi connectivity index (χ0n) is 14.5. The molecule has 138 valence electrons. The summed E-state index contributed by atoms with van der Waals surface area (Å²) in [6, 6.07) is 12.5. The molecule has 1 atom stereocenters. The molecule has 2 aromatic heterocycles. The number of amides is 1. The number of anilines is 1. The van der Waals surface area contributed by atoms with Crippen molar-refractivity contribution in [2.45, 2.75) is 19.6 Å². The van der Waals surface area contributed by atoms with Crippen LogP contribution in [0.4, 0.5) is 5.69 Å². The first-order valence-corrected chi connectivity index (χ1v) is 9.17. The Kier molecular flexibility index (Phi) is 4.76. The summed E-state index contributed by atoms with van der Waals surface area (Å²) in [5.74, 6) is 0.312. The van der Waals surface area contributed by atoms with Crippen molar-refractivity contribution in [2.24, 2.45) is 0 Å². The van der Waals surface area contributed by atoms with E-state index in [0.717, 1.165) is 0 Å². The third-order valence-electron chi connectivity index (χ3n) is 4.33. The predicted molar refractivity (Wildman–Crippen MR) is 104 cm³/mol. The highest BCUT2D eigenvalue weighted by Crippen LogP contribution is 2.31. The second-order valence-electron chi connectivity index (χ2n) is 6.29. The zero-order chi connectivity index (χ0) is 19.0. The summed E-state index contributed by atoms with van der Waals surface area (Å²) in [5.41, 5.74) is 1.87. The van der Waals surface area contributed by atoms with Gasteiger partial charge in [-0.15, -0.1) is 0 Å². The van der Waals surface area contributed by atoms with E-state index in [4.69, 9.17) is 27.9 Å². The van der Waals surface area contributed by atoms with Gasteiger partial charge < -0.3 is 9.64 Å². The Morgan fingerprint density at radius 3 is 2.78 bits per heavy atom. The van der Waals surface area contributed by atoms with Crippen molar-refractivity contribution in [1.29, 1.82) is 0 Å². The Hall–Kier alpha value is -2.57. The lowest BCUT2D eigenvalue weighted by molar-refractivity contribution is 0.0953. The Balaban J connectivity index is 1.57. The van der Waals surface area contributed by atoms with E-state index < -0.39 is 0 Å². The second-order valence-corrected chi connectivity index (χ2v) is 7.13. The van der Waals surface area contributed by atoms with Gasteiger partial charge in [0.15, 0.2) is 0 Å². The first-order valence-electron chi connectivity index (χ1n) is 8.42. The monoisotopic (exact) mass is 402 g/mol. The number of para-hydroxylation sites is 1. The van der Waals surface area contributed by atoms with Crippen molar-refractivity contribution in [2.75, 3.05) is 11.4 Å². The maximum Gasteiger partial charge on any atom is 0.276 e. The molecule has 1 amide bonds. The minimum absolute atomic E-state index is 0.0105. The van der Waals surface area contributed by atoms with Crippen molar-refractivity contribution in [3.05, 3.63) is 70.1 Å². The van der Waals surface area contributed by atoms with Crippen LogP contribution in [0, 0.1) is 0 Å². The lowest BCUT2D eigenvalue weighted by Crippen LogP contribution is -2.42. The van der Waals surface area contributed by atoms with Gasteiger partial charge in [-0.1, -0.05) is 35.3 Å². The third-order valence-corrected chi connectivity index (χ3v) is 4.87. The molecular formula is C19H16Cl2N4O2. The van der Waals surface area contributed by atoms with Gasteiger partial charge in [-0.2, -0.15) is 5.10 Å². The number of rotatable bonds is 4. The number of carbonyl (C=O) groups is 1. The highest BCUT2D eigenvalue weighted by atomic mass is 35.5. The molecular weight excluding hydrogens is 387 g/mol. The maximum atomic E-state index is 13.0. The molecule has 27 heavy (non-hydrogen) atoms. The normalized spacial score (nSPS) is 16.3. The van der Waals surface area contributed by atoms with E-state index in [0.29, 0.717) is 39.5 Å². The van der Waals surface area contributed by atoms with E-state index in [1.165, 1.54) is 6.20 Å². The molecule has 0 aliphatic carbocycles. The summed E-state index contributed by atoms with van der Waals surface area (Å²) in [6.45, 7) is 2.72. The van der Waals surface area contributed by atoms with Crippen LogP contribution in [0.15, 0.2) is 48.7 Å². The van der Waals surface area contributed by atoms with Crippen LogP contribution in [0.5, 0.6) is 5.88 Å². The van der Waals surface area contributed by atoms with Crippen LogP contribution < -0.4 is 9.64 Å². The number of pyridine rings is 1. The molecule has 0 spiro atoms. The molecule has 1 aliphatic rings. The van der Waals surface area contributed by atoms with E-state index in [1.54, 1.807) is 33.8 Å². The van der Waals surface area contributed by atoms with Crippen LogP contribution in [0.1, 0.15) is 29.1 Å². The minimum atomic E-state index is -0.135. The average molecular weight is 403 g/mol. The first-order chi connectivity index (χ1) is 13.0. The molecule has 6 nitrogen and oxygen atoms in total. The third kappa shape index (κ3) is 3.50. The van der Waals surface area contributed by atoms with E-state index in [9.17, 15) is 4.79 Å². The molecule has 0 radical (unpaired) electrons. The smallest absolute Gasteiger partial charge is 0.276 e. The topological polar surface area (TPSA) is 60.3 Å². The average Bonchev–Trinajstić information content (AvgIpc) is 3.10. The van der Waals surface area contributed by atoms with E-state index in [1.807, 2.05) is 25.1 Å². The number of hydrogen-bond acceptors (Lipinski definition) is 4. The summed E-state index contributed by atoms with van der Waals surface area (Å²) < 4.78 is 7.37. The number of aromatic nitrogens is 3. The van der Waals surface area contributed by atoms with Crippen LogP contribution in [0.3, 0.4) is 0 Å². The molecule has 3 heterocycles. The van der Waals surface area contributed by atoms with Crippen molar-refractivity contribution in [3.63, 3.8) is 0 Å². The molecule has 8 heteroatoms. The second kappa shape index (κ2) is 7.21. The SMILES string of the molecule is C[C@@H]1CN(c2ccccc2Cl)C(=O)c2cc(COc3ccc(Cl)cn3)nn21. The number of nitrogens with zero attached hydrogens (tertiary/aromatic N) is 4. The van der Waals surface area contributed by atoms with Crippen LogP contribution in [-0.2, 0) is 6.61 Å². The van der Waals surface area contributed by atoms with E-state index in [2.05, 4.69) is 10.1 Å². The van der Waals surface area contributed by atoms with Gasteiger partial charge in [-0.25, -0.2) is 4.98 Å². The van der Waals surface area contributed by atoms with Crippen molar-refractivity contribution in [3.8, 4) is 5.88 Å². The summed E-state index contributed by atoms with van der Waals surface area (Å²) in [6.07, 6.45) is 1.52. The van der Waals surface area contributed by atoms with Gasteiger partial charge in [-0.3, -0.25) is 9.48 Å². The Labute approximate surface area is 166 Å². The Morgan fingerprint density at radius 2 is 2.04 bits per heavy atom. The standard InChI is InChI=1S/C19H16Cl2N4O2/c1-12-10-24(16-5-3-2-4-15(16)21)19(26)17-8-14(23-25(12)17)11-27-18-7-6-13(20)9-22-18/h2-9,12H,10-11H2,1H3/t12-/m1/s1. The van der Waals surface area contributed by atoms with Crippen molar-refractivity contribution in [1.82, 2.24) is 14.8 Å². The molecule has 0 saturated heterocycles. The van der Waals surface area contributed by atoms with Crippen LogP contribution in [-0.4, -0.2) is 27.2 Å². The predicted octanol–water partition coefficient (Wildman–Crippen LogP) is 4.39. The molecule has 0 unspecified atom stereocenters. The Morgan fingerprint density at radius 1 is 1.22 bits per heavy atom. The first kappa shape index (κ1) is 17.8. The molecule has 0 N–H and O–H groups in total. The fourth-order valence-corrected chi connectivity index (χ4v) is 3.40. The molecule has 1 aromatic carbocycles. The van der Waals surface area contributed by atoms with Crippen LogP contribution >= 0.6 is 23.2 Å². The Bertz CT molecular complexity index is 988. The summed E-state index contributed by atoms with van der Waals surface area (Å²) in [4.78, 5) is 18.8. The molecule has 3 aromatic rings. The van der Waals surface area contributed by atoms with Crippen molar-refractivity contribution >= 4 is 34.8 Å². The molecule has 0 bridgehead atoms. The van der Waals surface area contributed by atoms with Gasteiger partial charge in [-0.05, 0) is 31.2 Å². The summed E-state index contributed by atoms with van der Waals surface area (Å²) in [5, 5.41) is 5.61. The van der Waals surface area contributed by atoms with Gasteiger partial charge in [0, 0.05) is 18.8 Å². The van der Waals surface area contributed by atoms with Gasteiger partial charge in [0.25, 0.3) is 5.91 Å². The quantitative estimate of drug-likeness (QED) is 0.649. The number of fused-ring (bicyclic) bond motifs is 1. The van der Waals surface area contributed by atoms with Gasteiger partial charge in [0.2, 0.25) is 5.88 Å². The van der Waals surface area contributed by atoms with Crippen molar-refractivity contribution < 1.29 is 9.53 Å². The van der Waals surface area contributed by atoms with Gasteiger partial charge >= 0.3 is 0 Å². The molecule has 4 rings (SSSR count). The molecule has 0 fully saturated rings. The molecule has 0 saturated carbocycles. The number of hydrogen-bond donors (Lipinski definition) is 0. The number of halogens is 2. The van der Waals surface area contributed by atoms with Gasteiger partial charge in [0.05, 0.1) is 21.8 Å². The minimum Gasteiger partial charge on any atom is -0.471 e. The largest absolute Gasteiger partial charge is 0.471 e. The fourth-order valence-electron chi connectivity index (χ4n) is 3.05. The van der Waals surface area contributed by atoms with Crippen LogP contribution in [0.2, 0.25) is 10.0 Å². The van der Waals surface area contributed by atoms with E-state index in [-0.39, 0.29) is 18.6 Å². The summed E-state index contributed by atoms with van der Waals surface area (Å²) in [7, 11) is 0. The molecule has 1 aliphatic heterocycles. The lowest BCUT2D eigenvalue weighted by Gasteiger charge is -2.32. The van der Waals surface area contributed by atoms with Gasteiger partial charge in [0.1, 0.15) is 18.0 Å². The highest BCUT2D eigenvalue weighted by Gasteiger charge is 2.32. The summed E-state index contributed by atoms with van der Waals surface area (Å²) >= 11 is 12.1.